The Morgan fingerprint density at radius 3 is 2.56 bits per heavy atom. The van der Waals surface area contributed by atoms with E-state index in [9.17, 15) is 14.4 Å². The quantitative estimate of drug-likeness (QED) is 0.732. The molecule has 0 saturated carbocycles. The number of aliphatic carboxylic acids is 1. The number of carboxylic acids is 1. The molecular weight excluding hydrogens is 326 g/mol. The van der Waals surface area contributed by atoms with Crippen LogP contribution in [0, 0.1) is 5.92 Å². The molecule has 1 amide bonds. The monoisotopic (exact) mass is 349 g/mol. The normalized spacial score (nSPS) is 21.6. The molecule has 1 atom stereocenters. The first kappa shape index (κ1) is 17.4. The van der Waals surface area contributed by atoms with Crippen LogP contribution in [0.1, 0.15) is 6.42 Å². The molecule has 2 aliphatic rings. The van der Waals surface area contributed by atoms with E-state index in [1.54, 1.807) is 13.1 Å². The van der Waals surface area contributed by atoms with E-state index < -0.39 is 5.97 Å². The van der Waals surface area contributed by atoms with E-state index in [1.807, 2.05) is 14.7 Å². The number of piperazine rings is 1. The smallest absolute Gasteiger partial charge is 0.317 e. The Morgan fingerprint density at radius 1 is 1.20 bits per heavy atom. The fraction of sp³-hybridized carbons (Fsp3) is 0.625. The second kappa shape index (κ2) is 7.22. The molecular formula is C16H23N5O4. The van der Waals surface area contributed by atoms with Gasteiger partial charge in [0.05, 0.1) is 12.5 Å². The van der Waals surface area contributed by atoms with Gasteiger partial charge in [-0.2, -0.15) is 5.10 Å². The molecule has 2 fully saturated rings. The Balaban J connectivity index is 1.55. The van der Waals surface area contributed by atoms with Gasteiger partial charge in [-0.05, 0) is 12.5 Å². The van der Waals surface area contributed by atoms with Gasteiger partial charge < -0.3 is 14.9 Å². The van der Waals surface area contributed by atoms with Crippen LogP contribution in [0.2, 0.25) is 0 Å². The third-order valence-corrected chi connectivity index (χ3v) is 4.85. The van der Waals surface area contributed by atoms with Crippen molar-refractivity contribution < 1.29 is 14.7 Å². The minimum absolute atomic E-state index is 0.0254. The number of carboxylic acid groups (broad SMARTS) is 1. The number of anilines is 1. The number of amides is 1. The Kier molecular flexibility index (Phi) is 5.03. The number of rotatable bonds is 4. The third kappa shape index (κ3) is 3.98. The summed E-state index contributed by atoms with van der Waals surface area (Å²) in [6.45, 7) is 3.69. The number of hydrogen-bond donors (Lipinski definition) is 1. The van der Waals surface area contributed by atoms with Gasteiger partial charge in [0.25, 0.3) is 5.56 Å². The van der Waals surface area contributed by atoms with Crippen molar-refractivity contribution in [3.05, 3.63) is 22.5 Å². The summed E-state index contributed by atoms with van der Waals surface area (Å²) in [5.41, 5.74) is -0.158. The Hall–Kier alpha value is -2.42. The molecule has 9 heteroatoms. The Bertz CT molecular complexity index is 711. The number of aromatic nitrogens is 2. The highest BCUT2D eigenvalue weighted by Crippen LogP contribution is 2.23. The van der Waals surface area contributed by atoms with Crippen LogP contribution in [0.4, 0.5) is 5.82 Å². The van der Waals surface area contributed by atoms with Gasteiger partial charge in [-0.1, -0.05) is 0 Å². The fourth-order valence-electron chi connectivity index (χ4n) is 3.40. The summed E-state index contributed by atoms with van der Waals surface area (Å²) in [6, 6.07) is 3.18. The first-order valence-corrected chi connectivity index (χ1v) is 8.46. The largest absolute Gasteiger partial charge is 0.480 e. The summed E-state index contributed by atoms with van der Waals surface area (Å²) in [5.74, 6) is -0.0768. The summed E-state index contributed by atoms with van der Waals surface area (Å²) >= 11 is 0. The average Bonchev–Trinajstić information content (AvgIpc) is 3.07. The van der Waals surface area contributed by atoms with E-state index in [-0.39, 0.29) is 23.9 Å². The van der Waals surface area contributed by atoms with Gasteiger partial charge in [-0.25, -0.2) is 4.68 Å². The summed E-state index contributed by atoms with van der Waals surface area (Å²) < 4.78 is 1.30. The van der Waals surface area contributed by atoms with Gasteiger partial charge in [0, 0.05) is 52.4 Å². The number of hydrogen-bond acceptors (Lipinski definition) is 6. The molecule has 0 aromatic carbocycles. The van der Waals surface area contributed by atoms with Crippen molar-refractivity contribution >= 4 is 17.7 Å². The van der Waals surface area contributed by atoms with Crippen molar-refractivity contribution in [1.82, 2.24) is 19.6 Å². The summed E-state index contributed by atoms with van der Waals surface area (Å²) in [7, 11) is 1.61. The van der Waals surface area contributed by atoms with Crippen LogP contribution in [-0.2, 0) is 16.6 Å². The molecule has 0 radical (unpaired) electrons. The van der Waals surface area contributed by atoms with Crippen LogP contribution in [-0.4, -0.2) is 82.4 Å². The molecule has 3 rings (SSSR count). The minimum Gasteiger partial charge on any atom is -0.480 e. The number of carbonyl (C=O) groups excluding carboxylic acids is 1. The lowest BCUT2D eigenvalue weighted by atomic mass is 10.1. The number of carbonyl (C=O) groups is 2. The van der Waals surface area contributed by atoms with Crippen LogP contribution >= 0.6 is 0 Å². The summed E-state index contributed by atoms with van der Waals surface area (Å²) in [4.78, 5) is 40.6. The maximum atomic E-state index is 12.7. The van der Waals surface area contributed by atoms with E-state index in [2.05, 4.69) is 5.10 Å². The molecule has 1 aromatic rings. The zero-order valence-electron chi connectivity index (χ0n) is 14.3. The Labute approximate surface area is 145 Å². The summed E-state index contributed by atoms with van der Waals surface area (Å²) in [5, 5.41) is 13.1. The second-order valence-electron chi connectivity index (χ2n) is 6.58. The third-order valence-electron chi connectivity index (χ3n) is 4.85. The van der Waals surface area contributed by atoms with E-state index >= 15 is 0 Å². The van der Waals surface area contributed by atoms with Crippen molar-refractivity contribution in [3.63, 3.8) is 0 Å². The molecule has 1 aromatic heterocycles. The van der Waals surface area contributed by atoms with Gasteiger partial charge in [0.2, 0.25) is 5.91 Å². The van der Waals surface area contributed by atoms with Gasteiger partial charge in [-0.15, -0.1) is 0 Å². The molecule has 0 spiro atoms. The van der Waals surface area contributed by atoms with Crippen LogP contribution < -0.4 is 10.5 Å². The van der Waals surface area contributed by atoms with Gasteiger partial charge in [-0.3, -0.25) is 19.3 Å². The molecule has 0 bridgehead atoms. The molecule has 136 valence electrons. The molecule has 1 N–H and O–H groups in total. The van der Waals surface area contributed by atoms with Crippen molar-refractivity contribution in [2.45, 2.75) is 6.42 Å². The van der Waals surface area contributed by atoms with E-state index in [1.165, 1.54) is 10.7 Å². The van der Waals surface area contributed by atoms with Crippen molar-refractivity contribution in [3.8, 4) is 0 Å². The van der Waals surface area contributed by atoms with E-state index in [0.29, 0.717) is 38.5 Å². The molecule has 1 unspecified atom stereocenters. The maximum Gasteiger partial charge on any atom is 0.317 e. The molecule has 2 saturated heterocycles. The highest BCUT2D eigenvalue weighted by molar-refractivity contribution is 5.80. The standard InChI is InChI=1S/C16H23N5O4/c1-18-14(22)3-2-13(17-18)21-5-4-12(10-21)16(25)20-8-6-19(7-9-20)11-15(23)24/h2-3,12H,4-11H2,1H3,(H,23,24). The lowest BCUT2D eigenvalue weighted by Crippen LogP contribution is -2.51. The highest BCUT2D eigenvalue weighted by Gasteiger charge is 2.33. The molecule has 0 aliphatic carbocycles. The first-order valence-electron chi connectivity index (χ1n) is 8.46. The molecule has 9 nitrogen and oxygen atoms in total. The minimum atomic E-state index is -0.837. The maximum absolute atomic E-state index is 12.7. The van der Waals surface area contributed by atoms with E-state index in [4.69, 9.17) is 5.11 Å². The van der Waals surface area contributed by atoms with Crippen LogP contribution in [0.25, 0.3) is 0 Å². The zero-order valence-corrected chi connectivity index (χ0v) is 14.3. The molecule has 2 aliphatic heterocycles. The number of nitrogens with zero attached hydrogens (tertiary/aromatic N) is 5. The SMILES string of the molecule is Cn1nc(N2CCC(C(=O)N3CCN(CC(=O)O)CC3)C2)ccc1=O. The average molecular weight is 349 g/mol. The van der Waals surface area contributed by atoms with Crippen LogP contribution in [0.3, 0.4) is 0 Å². The van der Waals surface area contributed by atoms with Crippen LogP contribution in [0.15, 0.2) is 16.9 Å². The van der Waals surface area contributed by atoms with Crippen molar-refractivity contribution in [1.29, 1.82) is 0 Å². The second-order valence-corrected chi connectivity index (χ2v) is 6.58. The lowest BCUT2D eigenvalue weighted by Gasteiger charge is -2.35. The predicted molar refractivity (Wildman–Crippen MR) is 90.5 cm³/mol. The Morgan fingerprint density at radius 2 is 1.92 bits per heavy atom. The fourth-order valence-corrected chi connectivity index (χ4v) is 3.40. The predicted octanol–water partition coefficient (Wildman–Crippen LogP) is -1.16. The van der Waals surface area contributed by atoms with Crippen molar-refractivity contribution in [2.24, 2.45) is 13.0 Å². The van der Waals surface area contributed by atoms with Gasteiger partial charge in [0.1, 0.15) is 5.82 Å². The summed E-state index contributed by atoms with van der Waals surface area (Å²) in [6.07, 6.45) is 0.763. The van der Waals surface area contributed by atoms with Gasteiger partial charge in [0.15, 0.2) is 0 Å². The first-order chi connectivity index (χ1) is 11.9. The van der Waals surface area contributed by atoms with Crippen molar-refractivity contribution in [2.75, 3.05) is 50.7 Å². The zero-order chi connectivity index (χ0) is 18.0. The van der Waals surface area contributed by atoms with Crippen LogP contribution in [0.5, 0.6) is 0 Å². The highest BCUT2D eigenvalue weighted by atomic mass is 16.4. The van der Waals surface area contributed by atoms with E-state index in [0.717, 1.165) is 13.0 Å². The topological polar surface area (TPSA) is 99.0 Å². The van der Waals surface area contributed by atoms with Gasteiger partial charge >= 0.3 is 5.97 Å². The number of aryl methyl sites for hydroxylation is 1. The lowest BCUT2D eigenvalue weighted by molar-refractivity contribution is -0.140. The molecule has 3 heterocycles. The molecule has 25 heavy (non-hydrogen) atoms.